The Morgan fingerprint density at radius 3 is 2.13 bits per heavy atom. The van der Waals surface area contributed by atoms with Crippen LogP contribution in [0.25, 0.3) is 0 Å². The fourth-order valence-corrected chi connectivity index (χ4v) is 3.21. The molecule has 0 bridgehead atoms. The van der Waals surface area contributed by atoms with Crippen molar-refractivity contribution in [2.75, 3.05) is 56.8 Å². The largest absolute Gasteiger partial charge is 0.424 e. The van der Waals surface area contributed by atoms with E-state index in [-0.39, 0.29) is 30.5 Å². The molecule has 11 heteroatoms. The number of hydrogen-bond donors (Lipinski definition) is 4. The summed E-state index contributed by atoms with van der Waals surface area (Å²) < 4.78 is 16.9. The summed E-state index contributed by atoms with van der Waals surface area (Å²) in [6, 6.07) is 18.2. The Morgan fingerprint density at radius 1 is 0.842 bits per heavy atom. The Kier molecular flexibility index (Phi) is 12.2. The summed E-state index contributed by atoms with van der Waals surface area (Å²) in [4.78, 5) is 25.0. The third kappa shape index (κ3) is 10.3. The molecule has 1 atom stereocenters. The lowest BCUT2D eigenvalue weighted by Crippen LogP contribution is -2.30. The highest BCUT2D eigenvalue weighted by Crippen LogP contribution is 2.20. The molecule has 38 heavy (non-hydrogen) atoms. The fourth-order valence-electron chi connectivity index (χ4n) is 3.21. The highest BCUT2D eigenvalue weighted by molar-refractivity contribution is 5.94. The summed E-state index contributed by atoms with van der Waals surface area (Å²) in [7, 11) is 0. The zero-order chi connectivity index (χ0) is 27.0. The van der Waals surface area contributed by atoms with Crippen molar-refractivity contribution in [3.8, 4) is 11.8 Å². The molecule has 2 aromatic carbocycles. The van der Waals surface area contributed by atoms with Gasteiger partial charge in [-0.25, -0.2) is 0 Å². The quantitative estimate of drug-likeness (QED) is 0.195. The van der Waals surface area contributed by atoms with Gasteiger partial charge in [-0.05, 0) is 30.2 Å². The summed E-state index contributed by atoms with van der Waals surface area (Å²) in [5.41, 5.74) is 0.622. The molecular weight excluding hydrogens is 488 g/mol. The number of carbonyl (C=O) groups is 1. The predicted molar refractivity (Wildman–Crippen MR) is 145 cm³/mol. The molecule has 1 heterocycles. The van der Waals surface area contributed by atoms with Gasteiger partial charge in [-0.3, -0.25) is 4.79 Å². The number of ether oxygens (including phenoxy) is 3. The number of amides is 1. The van der Waals surface area contributed by atoms with Gasteiger partial charge in [-0.15, -0.1) is 0 Å². The number of aliphatic hydroxyl groups is 1. The molecule has 0 unspecified atom stereocenters. The van der Waals surface area contributed by atoms with Crippen molar-refractivity contribution in [2.24, 2.45) is 5.92 Å². The molecular formula is C27H36N6O5. The minimum Gasteiger partial charge on any atom is -0.424 e. The van der Waals surface area contributed by atoms with Crippen molar-refractivity contribution in [1.82, 2.24) is 20.3 Å². The first-order valence-corrected chi connectivity index (χ1v) is 12.6. The van der Waals surface area contributed by atoms with Crippen molar-refractivity contribution in [2.45, 2.75) is 19.9 Å². The van der Waals surface area contributed by atoms with Crippen molar-refractivity contribution in [3.05, 3.63) is 66.2 Å². The smallest absolute Gasteiger partial charge is 0.328 e. The lowest BCUT2D eigenvalue weighted by Gasteiger charge is -2.20. The lowest BCUT2D eigenvalue weighted by atomic mass is 10.1. The van der Waals surface area contributed by atoms with Gasteiger partial charge in [0.2, 0.25) is 11.9 Å². The minimum absolute atomic E-state index is 0.0592. The Morgan fingerprint density at radius 2 is 1.47 bits per heavy atom. The third-order valence-corrected chi connectivity index (χ3v) is 5.35. The Labute approximate surface area is 223 Å². The zero-order valence-corrected chi connectivity index (χ0v) is 21.8. The molecule has 1 amide bonds. The molecule has 0 saturated heterocycles. The molecule has 3 rings (SSSR count). The summed E-state index contributed by atoms with van der Waals surface area (Å²) in [6.07, 6.45) is 0. The summed E-state index contributed by atoms with van der Waals surface area (Å²) in [5, 5.41) is 18.7. The van der Waals surface area contributed by atoms with Crippen LogP contribution < -0.4 is 20.7 Å². The summed E-state index contributed by atoms with van der Waals surface area (Å²) in [6.45, 7) is 6.44. The van der Waals surface area contributed by atoms with Gasteiger partial charge in [0.1, 0.15) is 5.75 Å². The lowest BCUT2D eigenvalue weighted by molar-refractivity contribution is 0.0519. The molecule has 0 aliphatic carbocycles. The number of hydrogen-bond acceptors (Lipinski definition) is 10. The standard InChI is InChI=1S/C27H36N6O5/c1-20(2)23(19-34)30-26-31-25(32-27(33-26)38-22-11-7-4-8-12-22)29-14-16-37-18-17-36-15-13-28-24(35)21-9-5-3-6-10-21/h3-12,20,23,34H,13-19H2,1-2H3,(H,28,35)(H2,29,30,31,32,33)/t23-/m1/s1. The van der Waals surface area contributed by atoms with Gasteiger partial charge in [0, 0.05) is 18.7 Å². The topological polar surface area (TPSA) is 140 Å². The Bertz CT molecular complexity index is 1090. The number of nitrogens with zero attached hydrogens (tertiary/aromatic N) is 3. The van der Waals surface area contributed by atoms with Gasteiger partial charge >= 0.3 is 6.01 Å². The SMILES string of the molecule is CC(C)[C@@H](CO)Nc1nc(NCCOCCOCCNC(=O)c2ccccc2)nc(Oc2ccccc2)n1. The Balaban J connectivity index is 1.38. The van der Waals surface area contributed by atoms with E-state index in [2.05, 4.69) is 30.9 Å². The number of carbonyl (C=O) groups excluding carboxylic acids is 1. The van der Waals surface area contributed by atoms with Crippen LogP contribution in [0.5, 0.6) is 11.8 Å². The molecule has 1 aromatic heterocycles. The van der Waals surface area contributed by atoms with Crippen LogP contribution in [0.15, 0.2) is 60.7 Å². The molecule has 0 radical (unpaired) electrons. The van der Waals surface area contributed by atoms with E-state index < -0.39 is 0 Å². The molecule has 0 aliphatic heterocycles. The molecule has 11 nitrogen and oxygen atoms in total. The monoisotopic (exact) mass is 524 g/mol. The minimum atomic E-state index is -0.218. The van der Waals surface area contributed by atoms with Crippen LogP contribution in [-0.4, -0.2) is 78.1 Å². The molecule has 3 aromatic rings. The van der Waals surface area contributed by atoms with Crippen molar-refractivity contribution >= 4 is 17.8 Å². The van der Waals surface area contributed by atoms with E-state index in [9.17, 15) is 9.90 Å². The van der Waals surface area contributed by atoms with E-state index in [1.807, 2.05) is 62.4 Å². The number of benzene rings is 2. The predicted octanol–water partition coefficient (Wildman–Crippen LogP) is 2.97. The first kappa shape index (κ1) is 28.8. The molecule has 204 valence electrons. The van der Waals surface area contributed by atoms with Crippen molar-refractivity contribution in [1.29, 1.82) is 0 Å². The number of anilines is 2. The van der Waals surface area contributed by atoms with Gasteiger partial charge in [-0.2, -0.15) is 15.0 Å². The van der Waals surface area contributed by atoms with Gasteiger partial charge in [0.15, 0.2) is 0 Å². The second-order valence-corrected chi connectivity index (χ2v) is 8.63. The molecule has 0 fully saturated rings. The van der Waals surface area contributed by atoms with E-state index in [0.29, 0.717) is 62.7 Å². The Hall–Kier alpha value is -3.80. The van der Waals surface area contributed by atoms with Crippen molar-refractivity contribution in [3.63, 3.8) is 0 Å². The number of nitrogens with one attached hydrogen (secondary N) is 3. The van der Waals surface area contributed by atoms with Crippen LogP contribution in [0.1, 0.15) is 24.2 Å². The molecule has 0 saturated carbocycles. The zero-order valence-electron chi connectivity index (χ0n) is 21.8. The number of para-hydroxylation sites is 1. The van der Waals surface area contributed by atoms with E-state index in [1.54, 1.807) is 12.1 Å². The highest BCUT2D eigenvalue weighted by Gasteiger charge is 2.16. The van der Waals surface area contributed by atoms with Crippen LogP contribution in [-0.2, 0) is 9.47 Å². The molecule has 4 N–H and O–H groups in total. The van der Waals surface area contributed by atoms with E-state index in [0.717, 1.165) is 0 Å². The van der Waals surface area contributed by atoms with Gasteiger partial charge in [0.05, 0.1) is 39.1 Å². The van der Waals surface area contributed by atoms with E-state index >= 15 is 0 Å². The number of aliphatic hydroxyl groups excluding tert-OH is 1. The summed E-state index contributed by atoms with van der Waals surface area (Å²) >= 11 is 0. The average molecular weight is 525 g/mol. The summed E-state index contributed by atoms with van der Waals surface area (Å²) in [5.74, 6) is 1.27. The number of rotatable bonds is 17. The highest BCUT2D eigenvalue weighted by atomic mass is 16.5. The van der Waals surface area contributed by atoms with E-state index in [1.165, 1.54) is 0 Å². The van der Waals surface area contributed by atoms with Gasteiger partial charge < -0.3 is 35.3 Å². The average Bonchev–Trinajstić information content (AvgIpc) is 2.93. The maximum atomic E-state index is 12.0. The third-order valence-electron chi connectivity index (χ3n) is 5.35. The van der Waals surface area contributed by atoms with Crippen LogP contribution in [0.2, 0.25) is 0 Å². The van der Waals surface area contributed by atoms with Crippen LogP contribution in [0, 0.1) is 5.92 Å². The maximum absolute atomic E-state index is 12.0. The van der Waals surface area contributed by atoms with Crippen LogP contribution in [0.4, 0.5) is 11.9 Å². The van der Waals surface area contributed by atoms with E-state index in [4.69, 9.17) is 14.2 Å². The van der Waals surface area contributed by atoms with Crippen LogP contribution in [0.3, 0.4) is 0 Å². The first-order chi connectivity index (χ1) is 18.5. The van der Waals surface area contributed by atoms with Gasteiger partial charge in [-0.1, -0.05) is 50.2 Å². The van der Waals surface area contributed by atoms with Gasteiger partial charge in [0.25, 0.3) is 5.91 Å². The normalized spacial score (nSPS) is 11.7. The van der Waals surface area contributed by atoms with Crippen LogP contribution >= 0.6 is 0 Å². The van der Waals surface area contributed by atoms with Crippen molar-refractivity contribution < 1.29 is 24.1 Å². The number of aromatic nitrogens is 3. The fraction of sp³-hybridized carbons (Fsp3) is 0.407. The second-order valence-electron chi connectivity index (χ2n) is 8.63. The second kappa shape index (κ2) is 16.1. The first-order valence-electron chi connectivity index (χ1n) is 12.6. The molecule has 0 aliphatic rings. The molecule has 0 spiro atoms. The maximum Gasteiger partial charge on any atom is 0.328 e.